The third-order valence-electron chi connectivity index (χ3n) is 4.06. The van der Waals surface area contributed by atoms with Crippen molar-refractivity contribution in [2.45, 2.75) is 12.8 Å². The second-order valence-electron chi connectivity index (χ2n) is 6.02. The Labute approximate surface area is 148 Å². The standard InChI is InChI=1S/C19H20N2O3S/c1-25(23,24)21-13-5-8-16-10-11-17(14-18(16)21)20-19(22)12-9-15-6-3-2-4-7-15/h2-4,6-7,9-12,14H,5,8,13H2,1H3,(H,20,22)/b12-9+. The summed E-state index contributed by atoms with van der Waals surface area (Å²) in [4.78, 5) is 12.1. The predicted octanol–water partition coefficient (Wildman–Crippen LogP) is 3.05. The first kappa shape index (κ1) is 17.2. The van der Waals surface area contributed by atoms with Crippen molar-refractivity contribution < 1.29 is 13.2 Å². The Kier molecular flexibility index (Phi) is 4.90. The molecule has 1 amide bonds. The molecule has 2 aromatic rings. The molecule has 0 aromatic heterocycles. The van der Waals surface area contributed by atoms with Gasteiger partial charge < -0.3 is 5.32 Å². The lowest BCUT2D eigenvalue weighted by atomic mass is 10.0. The number of nitrogens with one attached hydrogen (secondary N) is 1. The van der Waals surface area contributed by atoms with Gasteiger partial charge in [-0.1, -0.05) is 36.4 Å². The van der Waals surface area contributed by atoms with Gasteiger partial charge >= 0.3 is 0 Å². The molecule has 2 aromatic carbocycles. The average Bonchev–Trinajstić information content (AvgIpc) is 2.59. The lowest BCUT2D eigenvalue weighted by Crippen LogP contribution is -2.34. The zero-order chi connectivity index (χ0) is 17.9. The van der Waals surface area contributed by atoms with Crippen molar-refractivity contribution >= 4 is 33.4 Å². The van der Waals surface area contributed by atoms with Gasteiger partial charge in [-0.2, -0.15) is 0 Å². The average molecular weight is 356 g/mol. The Hall–Kier alpha value is -2.60. The predicted molar refractivity (Wildman–Crippen MR) is 101 cm³/mol. The molecule has 1 heterocycles. The molecule has 1 N–H and O–H groups in total. The molecule has 0 aliphatic carbocycles. The summed E-state index contributed by atoms with van der Waals surface area (Å²) in [7, 11) is -3.32. The Bertz CT molecular complexity index is 906. The highest BCUT2D eigenvalue weighted by molar-refractivity contribution is 7.92. The number of rotatable bonds is 4. The van der Waals surface area contributed by atoms with Gasteiger partial charge in [0, 0.05) is 18.3 Å². The first-order valence-corrected chi connectivity index (χ1v) is 9.93. The molecule has 25 heavy (non-hydrogen) atoms. The van der Waals surface area contributed by atoms with Gasteiger partial charge in [0.05, 0.1) is 11.9 Å². The first-order valence-electron chi connectivity index (χ1n) is 8.08. The largest absolute Gasteiger partial charge is 0.322 e. The third kappa shape index (κ3) is 4.28. The van der Waals surface area contributed by atoms with Crippen LogP contribution in [-0.4, -0.2) is 27.1 Å². The smallest absolute Gasteiger partial charge is 0.248 e. The van der Waals surface area contributed by atoms with Crippen molar-refractivity contribution in [3.8, 4) is 0 Å². The van der Waals surface area contributed by atoms with Gasteiger partial charge in [-0.15, -0.1) is 0 Å². The van der Waals surface area contributed by atoms with E-state index in [1.807, 2.05) is 36.4 Å². The zero-order valence-corrected chi connectivity index (χ0v) is 14.8. The van der Waals surface area contributed by atoms with Gasteiger partial charge in [0.15, 0.2) is 0 Å². The lowest BCUT2D eigenvalue weighted by Gasteiger charge is -2.29. The normalized spacial score (nSPS) is 14.4. The van der Waals surface area contributed by atoms with E-state index in [-0.39, 0.29) is 5.91 Å². The molecular weight excluding hydrogens is 336 g/mol. The maximum atomic E-state index is 12.1. The summed E-state index contributed by atoms with van der Waals surface area (Å²) >= 11 is 0. The van der Waals surface area contributed by atoms with Crippen molar-refractivity contribution in [3.63, 3.8) is 0 Å². The number of hydrogen-bond acceptors (Lipinski definition) is 3. The van der Waals surface area contributed by atoms with Gasteiger partial charge in [-0.05, 0) is 42.2 Å². The quantitative estimate of drug-likeness (QED) is 0.856. The zero-order valence-electron chi connectivity index (χ0n) is 14.0. The Balaban J connectivity index is 1.78. The van der Waals surface area contributed by atoms with E-state index in [1.165, 1.54) is 16.6 Å². The minimum Gasteiger partial charge on any atom is -0.322 e. The molecule has 3 rings (SSSR count). The summed E-state index contributed by atoms with van der Waals surface area (Å²) < 4.78 is 25.3. The van der Waals surface area contributed by atoms with Crippen LogP contribution in [0.3, 0.4) is 0 Å². The number of carbonyl (C=O) groups is 1. The van der Waals surface area contributed by atoms with E-state index < -0.39 is 10.0 Å². The summed E-state index contributed by atoms with van der Waals surface area (Å²) in [5.41, 5.74) is 3.15. The second-order valence-corrected chi connectivity index (χ2v) is 7.92. The van der Waals surface area contributed by atoms with E-state index in [0.29, 0.717) is 17.9 Å². The summed E-state index contributed by atoms with van der Waals surface area (Å²) in [5, 5.41) is 2.79. The van der Waals surface area contributed by atoms with Crippen molar-refractivity contribution in [1.29, 1.82) is 0 Å². The van der Waals surface area contributed by atoms with Gasteiger partial charge in [-0.25, -0.2) is 8.42 Å². The monoisotopic (exact) mass is 356 g/mol. The van der Waals surface area contributed by atoms with E-state index in [9.17, 15) is 13.2 Å². The number of amides is 1. The summed E-state index contributed by atoms with van der Waals surface area (Å²) in [6, 6.07) is 14.9. The fourth-order valence-electron chi connectivity index (χ4n) is 2.88. The highest BCUT2D eigenvalue weighted by atomic mass is 32.2. The molecule has 1 aliphatic heterocycles. The van der Waals surface area contributed by atoms with Crippen LogP contribution in [0.4, 0.5) is 11.4 Å². The molecular formula is C19H20N2O3S. The summed E-state index contributed by atoms with van der Waals surface area (Å²) in [6.07, 6.45) is 6.03. The Morgan fingerprint density at radius 2 is 1.92 bits per heavy atom. The van der Waals surface area contributed by atoms with E-state index >= 15 is 0 Å². The lowest BCUT2D eigenvalue weighted by molar-refractivity contribution is -0.111. The van der Waals surface area contributed by atoms with Crippen molar-refractivity contribution in [2.24, 2.45) is 0 Å². The molecule has 0 saturated heterocycles. The maximum absolute atomic E-state index is 12.1. The summed E-state index contributed by atoms with van der Waals surface area (Å²) in [6.45, 7) is 0.469. The number of anilines is 2. The number of nitrogens with zero attached hydrogens (tertiary/aromatic N) is 1. The molecule has 0 bridgehead atoms. The van der Waals surface area contributed by atoms with Crippen LogP contribution < -0.4 is 9.62 Å². The van der Waals surface area contributed by atoms with Crippen molar-refractivity contribution in [3.05, 3.63) is 65.7 Å². The van der Waals surface area contributed by atoms with Gasteiger partial charge in [0.2, 0.25) is 15.9 Å². The Morgan fingerprint density at radius 1 is 1.16 bits per heavy atom. The number of aryl methyl sites for hydroxylation is 1. The fraction of sp³-hybridized carbons (Fsp3) is 0.211. The van der Waals surface area contributed by atoms with Gasteiger partial charge in [0.1, 0.15) is 0 Å². The van der Waals surface area contributed by atoms with Crippen LogP contribution in [-0.2, 0) is 21.2 Å². The number of sulfonamides is 1. The van der Waals surface area contributed by atoms with Crippen LogP contribution in [0.1, 0.15) is 17.5 Å². The van der Waals surface area contributed by atoms with E-state index in [2.05, 4.69) is 5.32 Å². The van der Waals surface area contributed by atoms with E-state index in [1.54, 1.807) is 18.2 Å². The van der Waals surface area contributed by atoms with E-state index in [4.69, 9.17) is 0 Å². The minimum absolute atomic E-state index is 0.259. The van der Waals surface area contributed by atoms with Crippen LogP contribution in [0.5, 0.6) is 0 Å². The summed E-state index contributed by atoms with van der Waals surface area (Å²) in [5.74, 6) is -0.259. The molecule has 0 saturated carbocycles. The molecule has 130 valence electrons. The molecule has 0 fully saturated rings. The van der Waals surface area contributed by atoms with Crippen molar-refractivity contribution in [2.75, 3.05) is 22.4 Å². The molecule has 0 atom stereocenters. The SMILES string of the molecule is CS(=O)(=O)N1CCCc2ccc(NC(=O)/C=C/c3ccccc3)cc21. The topological polar surface area (TPSA) is 66.5 Å². The van der Waals surface area contributed by atoms with Crippen molar-refractivity contribution in [1.82, 2.24) is 0 Å². The maximum Gasteiger partial charge on any atom is 0.248 e. The van der Waals surface area contributed by atoms with Crippen LogP contribution in [0, 0.1) is 0 Å². The van der Waals surface area contributed by atoms with Crippen LogP contribution in [0.15, 0.2) is 54.6 Å². The number of fused-ring (bicyclic) bond motifs is 1. The number of benzene rings is 2. The molecule has 0 spiro atoms. The van der Waals surface area contributed by atoms with Crippen LogP contribution in [0.25, 0.3) is 6.08 Å². The molecule has 5 nitrogen and oxygen atoms in total. The molecule has 6 heteroatoms. The third-order valence-corrected chi connectivity index (χ3v) is 5.24. The fourth-order valence-corrected chi connectivity index (χ4v) is 3.87. The van der Waals surface area contributed by atoms with E-state index in [0.717, 1.165) is 24.0 Å². The van der Waals surface area contributed by atoms with Crippen LogP contribution >= 0.6 is 0 Å². The molecule has 1 aliphatic rings. The number of hydrogen-bond donors (Lipinski definition) is 1. The Morgan fingerprint density at radius 3 is 2.64 bits per heavy atom. The van der Waals surface area contributed by atoms with Gasteiger partial charge in [0.25, 0.3) is 0 Å². The number of carbonyl (C=O) groups excluding carboxylic acids is 1. The second kappa shape index (κ2) is 7.11. The highest BCUT2D eigenvalue weighted by Crippen LogP contribution is 2.31. The molecule has 0 unspecified atom stereocenters. The van der Waals surface area contributed by atoms with Gasteiger partial charge in [-0.3, -0.25) is 9.10 Å². The molecule has 0 radical (unpaired) electrons. The minimum atomic E-state index is -3.32. The van der Waals surface area contributed by atoms with Crippen LogP contribution in [0.2, 0.25) is 0 Å². The first-order chi connectivity index (χ1) is 11.9. The highest BCUT2D eigenvalue weighted by Gasteiger charge is 2.24.